The summed E-state index contributed by atoms with van der Waals surface area (Å²) in [6.45, 7) is 7.41. The molecule has 1 fully saturated rings. The van der Waals surface area contributed by atoms with Crippen molar-refractivity contribution in [2.75, 3.05) is 33.7 Å². The van der Waals surface area contributed by atoms with Crippen LogP contribution >= 0.6 is 0 Å². The minimum absolute atomic E-state index is 0.0774. The topological polar surface area (TPSA) is 35.6 Å². The number of likely N-dealkylation sites (tertiary alicyclic amines) is 1. The number of carbonyl (C=O) groups excluding carboxylic acids is 1. The van der Waals surface area contributed by atoms with Gasteiger partial charge in [0.05, 0.1) is 0 Å². The third-order valence-corrected chi connectivity index (χ3v) is 5.90. The quantitative estimate of drug-likeness (QED) is 0.925. The van der Waals surface area contributed by atoms with Gasteiger partial charge in [0, 0.05) is 26.2 Å². The Hall–Kier alpha value is -1.55. The molecule has 4 heteroatoms. The van der Waals surface area contributed by atoms with E-state index in [1.54, 1.807) is 0 Å². The Morgan fingerprint density at radius 2 is 1.96 bits per heavy atom. The van der Waals surface area contributed by atoms with Gasteiger partial charge in [-0.05, 0) is 55.3 Å². The van der Waals surface area contributed by atoms with Crippen molar-refractivity contribution in [3.05, 3.63) is 35.4 Å². The lowest BCUT2D eigenvalue weighted by Crippen LogP contribution is -2.53. The first-order valence-electron chi connectivity index (χ1n) is 9.14. The van der Waals surface area contributed by atoms with E-state index in [2.05, 4.69) is 55.4 Å². The van der Waals surface area contributed by atoms with Crippen LogP contribution in [0.3, 0.4) is 0 Å². The third-order valence-electron chi connectivity index (χ3n) is 5.90. The number of amides is 2. The van der Waals surface area contributed by atoms with E-state index in [4.69, 9.17) is 0 Å². The molecule has 0 radical (unpaired) electrons. The maximum atomic E-state index is 12.6. The molecule has 1 saturated heterocycles. The molecule has 1 aliphatic heterocycles. The first-order valence-corrected chi connectivity index (χ1v) is 9.14. The molecule has 0 aromatic heterocycles. The van der Waals surface area contributed by atoms with E-state index >= 15 is 0 Å². The molecule has 4 nitrogen and oxygen atoms in total. The summed E-state index contributed by atoms with van der Waals surface area (Å²) in [5, 5.41) is 3.20. The predicted molar refractivity (Wildman–Crippen MR) is 98.2 cm³/mol. The Labute approximate surface area is 146 Å². The van der Waals surface area contributed by atoms with Crippen molar-refractivity contribution in [1.29, 1.82) is 0 Å². The highest BCUT2D eigenvalue weighted by Gasteiger charge is 2.34. The van der Waals surface area contributed by atoms with Crippen LogP contribution in [0.15, 0.2) is 24.3 Å². The van der Waals surface area contributed by atoms with Crippen molar-refractivity contribution < 1.29 is 4.79 Å². The standard InChI is InChI=1S/C20H31N3O/c1-15-13-22(3)10-9-18(15)23(4)19(24)21-14-20(2)11-16-7-5-6-8-17(16)12-20/h5-8,15,18H,9-14H2,1-4H3,(H,21,24)/t15-,18-/m0/s1. The molecule has 0 saturated carbocycles. The average molecular weight is 329 g/mol. The third kappa shape index (κ3) is 3.59. The number of hydrogen-bond donors (Lipinski definition) is 1. The van der Waals surface area contributed by atoms with Crippen LogP contribution in [0.1, 0.15) is 31.4 Å². The number of rotatable bonds is 3. The molecule has 1 aliphatic carbocycles. The summed E-state index contributed by atoms with van der Waals surface area (Å²) in [4.78, 5) is 16.9. The van der Waals surface area contributed by atoms with Crippen molar-refractivity contribution in [1.82, 2.24) is 15.1 Å². The Kier molecular flexibility index (Phi) is 4.86. The molecule has 1 aromatic carbocycles. The molecule has 0 spiro atoms. The van der Waals surface area contributed by atoms with Crippen LogP contribution < -0.4 is 5.32 Å². The van der Waals surface area contributed by atoms with E-state index in [0.29, 0.717) is 12.0 Å². The van der Waals surface area contributed by atoms with Crippen molar-refractivity contribution in [2.24, 2.45) is 11.3 Å². The molecule has 24 heavy (non-hydrogen) atoms. The van der Waals surface area contributed by atoms with Crippen molar-refractivity contribution in [2.45, 2.75) is 39.2 Å². The summed E-state index contributed by atoms with van der Waals surface area (Å²) in [6, 6.07) is 9.07. The number of nitrogens with one attached hydrogen (secondary N) is 1. The largest absolute Gasteiger partial charge is 0.337 e. The van der Waals surface area contributed by atoms with Crippen molar-refractivity contribution >= 4 is 6.03 Å². The van der Waals surface area contributed by atoms with Gasteiger partial charge in [-0.2, -0.15) is 0 Å². The minimum atomic E-state index is 0.0774. The van der Waals surface area contributed by atoms with E-state index in [-0.39, 0.29) is 11.4 Å². The molecule has 0 unspecified atom stereocenters. The maximum absolute atomic E-state index is 12.6. The fraction of sp³-hybridized carbons (Fsp3) is 0.650. The molecule has 132 valence electrons. The van der Waals surface area contributed by atoms with Gasteiger partial charge in [-0.3, -0.25) is 0 Å². The van der Waals surface area contributed by atoms with Crippen LogP contribution in [-0.4, -0.2) is 55.6 Å². The summed E-state index contributed by atoms with van der Waals surface area (Å²) >= 11 is 0. The van der Waals surface area contributed by atoms with E-state index in [0.717, 1.165) is 38.9 Å². The lowest BCUT2D eigenvalue weighted by atomic mass is 9.87. The second-order valence-electron chi connectivity index (χ2n) is 8.30. The van der Waals surface area contributed by atoms with Gasteiger partial charge in [0.1, 0.15) is 0 Å². The van der Waals surface area contributed by atoms with Gasteiger partial charge in [-0.1, -0.05) is 38.1 Å². The number of piperidine rings is 1. The van der Waals surface area contributed by atoms with Gasteiger partial charge >= 0.3 is 6.03 Å². The number of nitrogens with zero attached hydrogens (tertiary/aromatic N) is 2. The van der Waals surface area contributed by atoms with Gasteiger partial charge < -0.3 is 15.1 Å². The van der Waals surface area contributed by atoms with Gasteiger partial charge in [0.25, 0.3) is 0 Å². The van der Waals surface area contributed by atoms with Gasteiger partial charge in [-0.15, -0.1) is 0 Å². The molecule has 1 aromatic rings. The number of benzene rings is 1. The lowest BCUT2D eigenvalue weighted by Gasteiger charge is -2.40. The summed E-state index contributed by atoms with van der Waals surface area (Å²) < 4.78 is 0. The Balaban J connectivity index is 1.54. The number of carbonyl (C=O) groups is 1. The SMILES string of the molecule is C[C@H]1CN(C)CC[C@@H]1N(C)C(=O)NCC1(C)Cc2ccccc2C1. The molecular formula is C20H31N3O. The highest BCUT2D eigenvalue weighted by atomic mass is 16.2. The first kappa shape index (κ1) is 17.3. The smallest absolute Gasteiger partial charge is 0.317 e. The van der Waals surface area contributed by atoms with E-state index in [1.807, 2.05) is 11.9 Å². The van der Waals surface area contributed by atoms with Crippen LogP contribution in [0.25, 0.3) is 0 Å². The zero-order valence-electron chi connectivity index (χ0n) is 15.5. The second-order valence-corrected chi connectivity index (χ2v) is 8.30. The van der Waals surface area contributed by atoms with Gasteiger partial charge in [-0.25, -0.2) is 4.79 Å². The molecule has 2 aliphatic rings. The summed E-state index contributed by atoms with van der Waals surface area (Å²) in [5.41, 5.74) is 3.01. The lowest BCUT2D eigenvalue weighted by molar-refractivity contribution is 0.106. The molecule has 1 heterocycles. The maximum Gasteiger partial charge on any atom is 0.317 e. The number of urea groups is 1. The second kappa shape index (κ2) is 6.75. The van der Waals surface area contributed by atoms with Crippen LogP contribution in [0.4, 0.5) is 4.79 Å². The Morgan fingerprint density at radius 3 is 2.54 bits per heavy atom. The number of hydrogen-bond acceptors (Lipinski definition) is 2. The first-order chi connectivity index (χ1) is 11.4. The van der Waals surface area contributed by atoms with E-state index in [9.17, 15) is 4.79 Å². The van der Waals surface area contributed by atoms with Crippen LogP contribution in [0.2, 0.25) is 0 Å². The minimum Gasteiger partial charge on any atom is -0.337 e. The fourth-order valence-corrected chi connectivity index (χ4v) is 4.49. The highest BCUT2D eigenvalue weighted by molar-refractivity contribution is 5.74. The monoisotopic (exact) mass is 329 g/mol. The zero-order valence-corrected chi connectivity index (χ0v) is 15.5. The normalized spacial score (nSPS) is 26.0. The number of fused-ring (bicyclic) bond motifs is 1. The molecular weight excluding hydrogens is 298 g/mol. The fourth-order valence-electron chi connectivity index (χ4n) is 4.49. The molecule has 0 bridgehead atoms. The summed E-state index contributed by atoms with van der Waals surface area (Å²) in [5.74, 6) is 0.519. The molecule has 2 atom stereocenters. The highest BCUT2D eigenvalue weighted by Crippen LogP contribution is 2.36. The van der Waals surface area contributed by atoms with Gasteiger partial charge in [0.2, 0.25) is 0 Å². The summed E-state index contributed by atoms with van der Waals surface area (Å²) in [7, 11) is 4.11. The van der Waals surface area contributed by atoms with Gasteiger partial charge in [0.15, 0.2) is 0 Å². The molecule has 3 rings (SSSR count). The average Bonchev–Trinajstić information content (AvgIpc) is 2.88. The van der Waals surface area contributed by atoms with Crippen LogP contribution in [0, 0.1) is 11.3 Å². The molecule has 2 amide bonds. The van der Waals surface area contributed by atoms with E-state index < -0.39 is 0 Å². The van der Waals surface area contributed by atoms with Crippen LogP contribution in [-0.2, 0) is 12.8 Å². The predicted octanol–water partition coefficient (Wildman–Crippen LogP) is 2.77. The zero-order chi connectivity index (χ0) is 17.3. The Bertz CT molecular complexity index is 575. The van der Waals surface area contributed by atoms with E-state index in [1.165, 1.54) is 11.1 Å². The molecule has 1 N–H and O–H groups in total. The van der Waals surface area contributed by atoms with Crippen LogP contribution in [0.5, 0.6) is 0 Å². The van der Waals surface area contributed by atoms with Crippen molar-refractivity contribution in [3.63, 3.8) is 0 Å². The summed E-state index contributed by atoms with van der Waals surface area (Å²) in [6.07, 6.45) is 3.17. The van der Waals surface area contributed by atoms with Crippen molar-refractivity contribution in [3.8, 4) is 0 Å². The Morgan fingerprint density at radius 1 is 1.33 bits per heavy atom.